The minimum Gasteiger partial charge on any atom is -0.488 e. The molecule has 0 aliphatic carbocycles. The lowest BCUT2D eigenvalue weighted by Gasteiger charge is -2.31. The fourth-order valence-corrected chi connectivity index (χ4v) is 2.31. The van der Waals surface area contributed by atoms with Crippen LogP contribution in [0, 0.1) is 0 Å². The number of benzene rings is 1. The van der Waals surface area contributed by atoms with Crippen molar-refractivity contribution in [3.8, 4) is 5.75 Å². The van der Waals surface area contributed by atoms with Gasteiger partial charge in [-0.2, -0.15) is 0 Å². The minimum atomic E-state index is -0.977. The molecule has 0 atom stereocenters. The van der Waals surface area contributed by atoms with E-state index in [2.05, 4.69) is 11.8 Å². The predicted octanol–water partition coefficient (Wildman–Crippen LogP) is 1.83. The number of carbonyl (C=O) groups is 1. The number of piperidine rings is 1. The molecule has 19 heavy (non-hydrogen) atoms. The maximum Gasteiger partial charge on any atom is 0.335 e. The van der Waals surface area contributed by atoms with E-state index in [4.69, 9.17) is 15.6 Å². The molecule has 0 aromatic heterocycles. The fraction of sp³-hybridized carbons (Fsp3) is 0.500. The molecule has 1 aromatic carbocycles. The third-order valence-corrected chi connectivity index (χ3v) is 3.53. The Hall–Kier alpha value is -1.75. The highest BCUT2D eigenvalue weighted by Gasteiger charge is 2.20. The summed E-state index contributed by atoms with van der Waals surface area (Å²) in [6.07, 6.45) is 2.13. The largest absolute Gasteiger partial charge is 0.488 e. The van der Waals surface area contributed by atoms with Crippen LogP contribution in [0.25, 0.3) is 0 Å². The summed E-state index contributed by atoms with van der Waals surface area (Å²) in [5, 5.41) is 8.88. The second-order valence-corrected chi connectivity index (χ2v) is 4.81. The molecule has 0 amide bonds. The molecule has 0 bridgehead atoms. The Balaban J connectivity index is 1.98. The van der Waals surface area contributed by atoms with Gasteiger partial charge in [0.15, 0.2) is 0 Å². The highest BCUT2D eigenvalue weighted by molar-refractivity contribution is 5.89. The molecule has 1 aliphatic heterocycles. The molecular weight excluding hydrogens is 244 g/mol. The smallest absolute Gasteiger partial charge is 0.335 e. The number of hydrogen-bond acceptors (Lipinski definition) is 4. The van der Waals surface area contributed by atoms with Crippen molar-refractivity contribution in [2.75, 3.05) is 25.4 Å². The van der Waals surface area contributed by atoms with E-state index in [0.717, 1.165) is 32.5 Å². The number of carboxylic acids is 1. The maximum atomic E-state index is 10.8. The van der Waals surface area contributed by atoms with E-state index in [0.29, 0.717) is 11.4 Å². The molecule has 0 spiro atoms. The summed E-state index contributed by atoms with van der Waals surface area (Å²) in [7, 11) is 0. The first kappa shape index (κ1) is 13.7. The first-order chi connectivity index (χ1) is 9.10. The molecular formula is C14H20N2O3. The summed E-state index contributed by atoms with van der Waals surface area (Å²) >= 11 is 0. The molecule has 2 rings (SSSR count). The van der Waals surface area contributed by atoms with Gasteiger partial charge in [0.05, 0.1) is 11.3 Å². The van der Waals surface area contributed by atoms with Crippen LogP contribution in [0.5, 0.6) is 5.75 Å². The molecule has 1 heterocycles. The van der Waals surface area contributed by atoms with Gasteiger partial charge in [0.25, 0.3) is 0 Å². The van der Waals surface area contributed by atoms with Crippen molar-refractivity contribution in [2.24, 2.45) is 0 Å². The zero-order valence-corrected chi connectivity index (χ0v) is 11.1. The summed E-state index contributed by atoms with van der Waals surface area (Å²) < 4.78 is 5.87. The van der Waals surface area contributed by atoms with E-state index in [9.17, 15) is 4.79 Å². The van der Waals surface area contributed by atoms with Gasteiger partial charge >= 0.3 is 5.97 Å². The number of anilines is 1. The van der Waals surface area contributed by atoms with Crippen LogP contribution in [0.15, 0.2) is 18.2 Å². The van der Waals surface area contributed by atoms with E-state index in [1.165, 1.54) is 12.1 Å². The van der Waals surface area contributed by atoms with Crippen LogP contribution in [0.3, 0.4) is 0 Å². The zero-order chi connectivity index (χ0) is 13.8. The average Bonchev–Trinajstić information content (AvgIpc) is 2.41. The molecule has 1 saturated heterocycles. The zero-order valence-electron chi connectivity index (χ0n) is 11.1. The van der Waals surface area contributed by atoms with Crippen LogP contribution in [0.2, 0.25) is 0 Å². The number of rotatable bonds is 4. The van der Waals surface area contributed by atoms with Gasteiger partial charge in [0.1, 0.15) is 11.9 Å². The number of aromatic carboxylic acids is 1. The average molecular weight is 264 g/mol. The van der Waals surface area contributed by atoms with E-state index >= 15 is 0 Å². The Morgan fingerprint density at radius 1 is 1.47 bits per heavy atom. The topological polar surface area (TPSA) is 75.8 Å². The normalized spacial score (nSPS) is 17.3. The van der Waals surface area contributed by atoms with Gasteiger partial charge in [-0.3, -0.25) is 0 Å². The van der Waals surface area contributed by atoms with Crippen molar-refractivity contribution < 1.29 is 14.6 Å². The van der Waals surface area contributed by atoms with Crippen molar-refractivity contribution in [1.82, 2.24) is 4.90 Å². The van der Waals surface area contributed by atoms with Crippen molar-refractivity contribution in [3.05, 3.63) is 23.8 Å². The Bertz CT molecular complexity index is 454. The molecule has 1 aliphatic rings. The van der Waals surface area contributed by atoms with Gasteiger partial charge in [-0.1, -0.05) is 6.92 Å². The molecule has 5 heteroatoms. The highest BCUT2D eigenvalue weighted by Crippen LogP contribution is 2.26. The molecule has 0 saturated carbocycles. The van der Waals surface area contributed by atoms with Crippen LogP contribution in [-0.2, 0) is 0 Å². The molecule has 104 valence electrons. The molecule has 5 nitrogen and oxygen atoms in total. The number of nitrogen functional groups attached to an aromatic ring is 1. The first-order valence-electron chi connectivity index (χ1n) is 6.62. The predicted molar refractivity (Wildman–Crippen MR) is 73.6 cm³/mol. The molecule has 0 radical (unpaired) electrons. The lowest BCUT2D eigenvalue weighted by Crippen LogP contribution is -2.38. The Morgan fingerprint density at radius 2 is 2.16 bits per heavy atom. The van der Waals surface area contributed by atoms with Crippen LogP contribution < -0.4 is 10.5 Å². The van der Waals surface area contributed by atoms with Crippen LogP contribution in [-0.4, -0.2) is 41.7 Å². The van der Waals surface area contributed by atoms with E-state index in [1.54, 1.807) is 6.07 Å². The third kappa shape index (κ3) is 3.38. The number of carboxylic acid groups (broad SMARTS) is 1. The molecule has 0 unspecified atom stereocenters. The lowest BCUT2D eigenvalue weighted by atomic mass is 10.1. The van der Waals surface area contributed by atoms with Crippen molar-refractivity contribution in [2.45, 2.75) is 25.9 Å². The monoisotopic (exact) mass is 264 g/mol. The Kier molecular flexibility index (Phi) is 4.27. The number of ether oxygens (including phenoxy) is 1. The van der Waals surface area contributed by atoms with Gasteiger partial charge in [-0.15, -0.1) is 0 Å². The third-order valence-electron chi connectivity index (χ3n) is 3.53. The number of nitrogens with two attached hydrogens (primary N) is 1. The summed E-state index contributed by atoms with van der Waals surface area (Å²) in [6, 6.07) is 4.61. The van der Waals surface area contributed by atoms with Crippen molar-refractivity contribution in [1.29, 1.82) is 0 Å². The number of nitrogens with zero attached hydrogens (tertiary/aromatic N) is 1. The van der Waals surface area contributed by atoms with Crippen molar-refractivity contribution >= 4 is 11.7 Å². The highest BCUT2D eigenvalue weighted by atomic mass is 16.5. The second-order valence-electron chi connectivity index (χ2n) is 4.81. The summed E-state index contributed by atoms with van der Waals surface area (Å²) in [5.74, 6) is -0.394. The van der Waals surface area contributed by atoms with E-state index < -0.39 is 5.97 Å². The quantitative estimate of drug-likeness (QED) is 0.811. The summed E-state index contributed by atoms with van der Waals surface area (Å²) in [5.41, 5.74) is 6.40. The fourth-order valence-electron chi connectivity index (χ4n) is 2.31. The van der Waals surface area contributed by atoms with E-state index in [1.807, 2.05) is 0 Å². The van der Waals surface area contributed by atoms with Crippen molar-refractivity contribution in [3.63, 3.8) is 0 Å². The molecule has 1 fully saturated rings. The van der Waals surface area contributed by atoms with Gasteiger partial charge in [0, 0.05) is 13.1 Å². The molecule has 1 aromatic rings. The summed E-state index contributed by atoms with van der Waals surface area (Å²) in [6.45, 7) is 5.30. The van der Waals surface area contributed by atoms with E-state index in [-0.39, 0.29) is 11.7 Å². The standard InChI is InChI=1S/C14H20N2O3/c1-2-16-7-5-11(6-8-16)19-13-4-3-10(14(17)18)9-12(13)15/h3-4,9,11H,2,5-8,15H2,1H3,(H,17,18). The van der Waals surface area contributed by atoms with Gasteiger partial charge in [-0.25, -0.2) is 4.79 Å². The molecule has 3 N–H and O–H groups in total. The summed E-state index contributed by atoms with van der Waals surface area (Å²) in [4.78, 5) is 13.2. The minimum absolute atomic E-state index is 0.167. The second kappa shape index (κ2) is 5.93. The Morgan fingerprint density at radius 3 is 2.68 bits per heavy atom. The number of hydrogen-bond donors (Lipinski definition) is 2. The van der Waals surface area contributed by atoms with Crippen LogP contribution in [0.4, 0.5) is 5.69 Å². The first-order valence-corrected chi connectivity index (χ1v) is 6.62. The maximum absolute atomic E-state index is 10.8. The van der Waals surface area contributed by atoms with Gasteiger partial charge in [-0.05, 0) is 37.6 Å². The van der Waals surface area contributed by atoms with Crippen LogP contribution >= 0.6 is 0 Å². The van der Waals surface area contributed by atoms with Gasteiger partial charge < -0.3 is 20.5 Å². The van der Waals surface area contributed by atoms with Gasteiger partial charge in [0.2, 0.25) is 0 Å². The number of likely N-dealkylation sites (tertiary alicyclic amines) is 1. The Labute approximate surface area is 113 Å². The lowest BCUT2D eigenvalue weighted by molar-refractivity contribution is 0.0697. The SMILES string of the molecule is CCN1CCC(Oc2ccc(C(=O)O)cc2N)CC1. The van der Waals surface area contributed by atoms with Crippen LogP contribution in [0.1, 0.15) is 30.1 Å².